The van der Waals surface area contributed by atoms with Crippen molar-refractivity contribution in [1.29, 1.82) is 0 Å². The number of hydrogen-bond donors (Lipinski definition) is 2. The number of nitrogens with one attached hydrogen (secondary N) is 1. The first-order valence-corrected chi connectivity index (χ1v) is 7.02. The molecule has 1 amide bonds. The predicted octanol–water partition coefficient (Wildman–Crippen LogP) is 1.11. The molecule has 1 saturated heterocycles. The second kappa shape index (κ2) is 6.81. The standard InChI is InChI=1S/C15H22FN3O/c1-11-6-13(17)9-19(8-11)10-15(20)18-7-12-4-2-3-5-14(12)16/h2-5,11,13H,6-10,17H2,1H3,(H,18,20). The van der Waals surface area contributed by atoms with Crippen LogP contribution < -0.4 is 11.1 Å². The molecule has 0 radical (unpaired) electrons. The third-order valence-corrected chi connectivity index (χ3v) is 3.57. The normalized spacial score (nSPS) is 23.6. The van der Waals surface area contributed by atoms with E-state index in [4.69, 9.17) is 5.73 Å². The SMILES string of the molecule is CC1CC(N)CN(CC(=O)NCc2ccccc2F)C1. The maximum atomic E-state index is 13.4. The monoisotopic (exact) mass is 279 g/mol. The molecule has 0 aliphatic carbocycles. The summed E-state index contributed by atoms with van der Waals surface area (Å²) in [5.41, 5.74) is 6.46. The Balaban J connectivity index is 1.79. The highest BCUT2D eigenvalue weighted by Gasteiger charge is 2.23. The zero-order valence-electron chi connectivity index (χ0n) is 11.8. The summed E-state index contributed by atoms with van der Waals surface area (Å²) in [5.74, 6) is 0.133. The highest BCUT2D eigenvalue weighted by atomic mass is 19.1. The third-order valence-electron chi connectivity index (χ3n) is 3.57. The Kier molecular flexibility index (Phi) is 5.09. The van der Waals surface area contributed by atoms with E-state index in [0.29, 0.717) is 18.0 Å². The van der Waals surface area contributed by atoms with Crippen LogP contribution in [-0.4, -0.2) is 36.5 Å². The molecule has 1 fully saturated rings. The topological polar surface area (TPSA) is 58.4 Å². The van der Waals surface area contributed by atoms with Gasteiger partial charge in [-0.15, -0.1) is 0 Å². The number of likely N-dealkylation sites (tertiary alicyclic amines) is 1. The number of halogens is 1. The molecule has 4 nitrogen and oxygen atoms in total. The van der Waals surface area contributed by atoms with E-state index in [1.807, 2.05) is 0 Å². The molecule has 0 spiro atoms. The molecule has 2 unspecified atom stereocenters. The van der Waals surface area contributed by atoms with Crippen molar-refractivity contribution < 1.29 is 9.18 Å². The fourth-order valence-corrected chi connectivity index (χ4v) is 2.74. The summed E-state index contributed by atoms with van der Waals surface area (Å²) >= 11 is 0. The van der Waals surface area contributed by atoms with Gasteiger partial charge in [0.05, 0.1) is 6.54 Å². The van der Waals surface area contributed by atoms with Gasteiger partial charge in [-0.25, -0.2) is 4.39 Å². The van der Waals surface area contributed by atoms with Crippen LogP contribution >= 0.6 is 0 Å². The third kappa shape index (κ3) is 4.28. The average Bonchev–Trinajstić information content (AvgIpc) is 2.36. The predicted molar refractivity (Wildman–Crippen MR) is 76.4 cm³/mol. The van der Waals surface area contributed by atoms with Crippen molar-refractivity contribution in [1.82, 2.24) is 10.2 Å². The summed E-state index contributed by atoms with van der Waals surface area (Å²) in [6, 6.07) is 6.60. The summed E-state index contributed by atoms with van der Waals surface area (Å²) in [6.07, 6.45) is 1.01. The van der Waals surface area contributed by atoms with Crippen LogP contribution in [0.5, 0.6) is 0 Å². The van der Waals surface area contributed by atoms with E-state index in [1.54, 1.807) is 18.2 Å². The number of carbonyl (C=O) groups is 1. The van der Waals surface area contributed by atoms with E-state index in [-0.39, 0.29) is 24.3 Å². The van der Waals surface area contributed by atoms with Crippen molar-refractivity contribution in [2.75, 3.05) is 19.6 Å². The minimum Gasteiger partial charge on any atom is -0.351 e. The molecule has 0 bridgehead atoms. The lowest BCUT2D eigenvalue weighted by atomic mass is 9.97. The fraction of sp³-hybridized carbons (Fsp3) is 0.533. The average molecular weight is 279 g/mol. The number of nitrogens with zero attached hydrogens (tertiary/aromatic N) is 1. The van der Waals surface area contributed by atoms with Crippen LogP contribution in [0.4, 0.5) is 4.39 Å². The number of hydrogen-bond acceptors (Lipinski definition) is 3. The van der Waals surface area contributed by atoms with Gasteiger partial charge in [0.25, 0.3) is 0 Å². The van der Waals surface area contributed by atoms with Gasteiger partial charge in [-0.05, 0) is 18.4 Å². The minimum absolute atomic E-state index is 0.0884. The Bertz CT molecular complexity index is 456. The first kappa shape index (κ1) is 14.9. The Morgan fingerprint density at radius 2 is 2.20 bits per heavy atom. The van der Waals surface area contributed by atoms with Crippen LogP contribution in [0.1, 0.15) is 18.9 Å². The summed E-state index contributed by atoms with van der Waals surface area (Å²) in [6.45, 7) is 4.33. The molecule has 5 heteroatoms. The van der Waals surface area contributed by atoms with E-state index in [9.17, 15) is 9.18 Å². The van der Waals surface area contributed by atoms with Crippen molar-refractivity contribution in [2.24, 2.45) is 11.7 Å². The lowest BCUT2D eigenvalue weighted by Crippen LogP contribution is -2.49. The molecule has 110 valence electrons. The maximum Gasteiger partial charge on any atom is 0.234 e. The van der Waals surface area contributed by atoms with Crippen molar-refractivity contribution >= 4 is 5.91 Å². The van der Waals surface area contributed by atoms with Crippen LogP contribution in [0.25, 0.3) is 0 Å². The minimum atomic E-state index is -0.290. The smallest absolute Gasteiger partial charge is 0.234 e. The number of rotatable bonds is 4. The molecular formula is C15H22FN3O. The van der Waals surface area contributed by atoms with Crippen LogP contribution in [0.15, 0.2) is 24.3 Å². The molecule has 2 atom stereocenters. The van der Waals surface area contributed by atoms with Gasteiger partial charge >= 0.3 is 0 Å². The molecule has 3 N–H and O–H groups in total. The number of carbonyl (C=O) groups excluding carboxylic acids is 1. The van der Waals surface area contributed by atoms with Crippen LogP contribution in [0.2, 0.25) is 0 Å². The Morgan fingerprint density at radius 1 is 1.45 bits per heavy atom. The molecule has 1 aliphatic rings. The van der Waals surface area contributed by atoms with Gasteiger partial charge in [0.15, 0.2) is 0 Å². The van der Waals surface area contributed by atoms with Gasteiger partial charge in [0.1, 0.15) is 5.82 Å². The molecule has 20 heavy (non-hydrogen) atoms. The lowest BCUT2D eigenvalue weighted by Gasteiger charge is -2.34. The van der Waals surface area contributed by atoms with Crippen LogP contribution in [-0.2, 0) is 11.3 Å². The van der Waals surface area contributed by atoms with Gasteiger partial charge in [0.2, 0.25) is 5.91 Å². The number of piperidine rings is 1. The quantitative estimate of drug-likeness (QED) is 0.868. The number of benzene rings is 1. The summed E-state index contributed by atoms with van der Waals surface area (Å²) in [5, 5.41) is 2.76. The lowest BCUT2D eigenvalue weighted by molar-refractivity contribution is -0.122. The summed E-state index contributed by atoms with van der Waals surface area (Å²) in [7, 11) is 0. The van der Waals surface area contributed by atoms with Crippen molar-refractivity contribution in [3.05, 3.63) is 35.6 Å². The molecular weight excluding hydrogens is 257 g/mol. The van der Waals surface area contributed by atoms with Crippen molar-refractivity contribution in [2.45, 2.75) is 25.9 Å². The first-order valence-electron chi connectivity index (χ1n) is 7.02. The fourth-order valence-electron chi connectivity index (χ4n) is 2.74. The van der Waals surface area contributed by atoms with Gasteiger partial charge < -0.3 is 11.1 Å². The zero-order valence-corrected chi connectivity index (χ0v) is 11.8. The van der Waals surface area contributed by atoms with Crippen molar-refractivity contribution in [3.8, 4) is 0 Å². The zero-order chi connectivity index (χ0) is 14.5. The van der Waals surface area contributed by atoms with Gasteiger partial charge in [0, 0.05) is 31.2 Å². The molecule has 0 saturated carbocycles. The largest absolute Gasteiger partial charge is 0.351 e. The highest BCUT2D eigenvalue weighted by molar-refractivity contribution is 5.78. The molecule has 0 aromatic heterocycles. The maximum absolute atomic E-state index is 13.4. The van der Waals surface area contributed by atoms with Crippen LogP contribution in [0.3, 0.4) is 0 Å². The second-order valence-corrected chi connectivity index (χ2v) is 5.66. The van der Waals surface area contributed by atoms with E-state index in [2.05, 4.69) is 17.1 Å². The summed E-state index contributed by atoms with van der Waals surface area (Å²) < 4.78 is 13.4. The van der Waals surface area contributed by atoms with E-state index in [0.717, 1.165) is 19.5 Å². The van der Waals surface area contributed by atoms with Crippen LogP contribution in [0, 0.1) is 11.7 Å². The molecule has 1 heterocycles. The molecule has 2 rings (SSSR count). The van der Waals surface area contributed by atoms with Crippen molar-refractivity contribution in [3.63, 3.8) is 0 Å². The molecule has 1 aromatic carbocycles. The van der Waals surface area contributed by atoms with E-state index < -0.39 is 0 Å². The Hall–Kier alpha value is -1.46. The molecule has 1 aliphatic heterocycles. The Morgan fingerprint density at radius 3 is 2.90 bits per heavy atom. The van der Waals surface area contributed by atoms with E-state index >= 15 is 0 Å². The molecule has 1 aromatic rings. The first-order chi connectivity index (χ1) is 9.54. The number of amides is 1. The van der Waals surface area contributed by atoms with Gasteiger partial charge in [-0.1, -0.05) is 25.1 Å². The Labute approximate surface area is 119 Å². The summed E-state index contributed by atoms with van der Waals surface area (Å²) in [4.78, 5) is 14.0. The highest BCUT2D eigenvalue weighted by Crippen LogP contribution is 2.14. The van der Waals surface area contributed by atoms with Gasteiger partial charge in [-0.2, -0.15) is 0 Å². The second-order valence-electron chi connectivity index (χ2n) is 5.66. The van der Waals surface area contributed by atoms with Gasteiger partial charge in [-0.3, -0.25) is 9.69 Å². The van der Waals surface area contributed by atoms with E-state index in [1.165, 1.54) is 6.07 Å². The number of nitrogens with two attached hydrogens (primary N) is 1.